The van der Waals surface area contributed by atoms with E-state index in [1.165, 1.54) is 12.1 Å². The number of carbonyl (C=O) groups is 1. The van der Waals surface area contributed by atoms with E-state index in [4.69, 9.17) is 4.74 Å². The number of methoxy groups -OCH3 is 1. The summed E-state index contributed by atoms with van der Waals surface area (Å²) >= 11 is 0. The Labute approximate surface area is 190 Å². The Kier molecular flexibility index (Phi) is 5.02. The molecule has 1 atom stereocenters. The zero-order valence-electron chi connectivity index (χ0n) is 18.2. The van der Waals surface area contributed by atoms with E-state index in [-0.39, 0.29) is 11.4 Å². The van der Waals surface area contributed by atoms with Crippen LogP contribution in [0.2, 0.25) is 0 Å². The Morgan fingerprint density at radius 2 is 1.82 bits per heavy atom. The number of carboxylic acids is 1. The molecule has 0 bridgehead atoms. The number of nitrogens with zero attached hydrogens (tertiary/aromatic N) is 3. The summed E-state index contributed by atoms with van der Waals surface area (Å²) in [7, 11) is 1.66. The largest absolute Gasteiger partial charge is 0.478 e. The molecule has 3 aromatic carbocycles. The quantitative estimate of drug-likeness (QED) is 0.444. The van der Waals surface area contributed by atoms with Gasteiger partial charge in [-0.1, -0.05) is 0 Å². The minimum absolute atomic E-state index is 0.229. The third-order valence-electron chi connectivity index (χ3n) is 6.07. The average Bonchev–Trinajstić information content (AvgIpc) is 3.26. The molecule has 7 nitrogen and oxygen atoms in total. The summed E-state index contributed by atoms with van der Waals surface area (Å²) in [5, 5.41) is 17.5. The van der Waals surface area contributed by atoms with Crippen molar-refractivity contribution in [3.63, 3.8) is 0 Å². The first kappa shape index (κ1) is 21.0. The molecule has 1 aliphatic rings. The first-order valence-corrected chi connectivity index (χ1v) is 10.5. The summed E-state index contributed by atoms with van der Waals surface area (Å²) in [4.78, 5) is 15.7. The molecule has 0 aliphatic carbocycles. The van der Waals surface area contributed by atoms with Crippen LogP contribution in [-0.2, 0) is 4.74 Å². The van der Waals surface area contributed by atoms with Gasteiger partial charge in [-0.2, -0.15) is 5.10 Å². The molecule has 5 rings (SSSR count). The summed E-state index contributed by atoms with van der Waals surface area (Å²) in [6, 6.07) is 17.4. The fraction of sp³-hybridized carbons (Fsp3) is 0.200. The highest BCUT2D eigenvalue weighted by atomic mass is 19.1. The molecule has 1 aromatic heterocycles. The maximum atomic E-state index is 13.7. The minimum Gasteiger partial charge on any atom is -0.478 e. The molecule has 0 saturated heterocycles. The lowest BCUT2D eigenvalue weighted by Crippen LogP contribution is -2.57. The van der Waals surface area contributed by atoms with Crippen molar-refractivity contribution < 1.29 is 19.0 Å². The topological polar surface area (TPSA) is 81.7 Å². The molecule has 8 heteroatoms. The van der Waals surface area contributed by atoms with Crippen LogP contribution < -0.4 is 9.80 Å². The number of benzene rings is 3. The normalized spacial score (nSPS) is 17.9. The minimum atomic E-state index is -0.966. The Balaban J connectivity index is 1.73. The SMILES string of the molecule is COC[C@@]1(C)CN(c2ccc(C(=O)O)cc2)c2cc3[nH]ncc3cc2N1c1ccc(F)cc1. The van der Waals surface area contributed by atoms with E-state index >= 15 is 0 Å². The standard InChI is InChI=1S/C25H23FN4O3/c1-25(15-33-2)14-29(19-7-3-16(4-8-19)24(31)32)22-12-21-17(13-27-28-21)11-23(22)30(25)20-9-5-18(26)6-10-20/h3-13H,14-15H2,1-2H3,(H,27,28)(H,31,32)/t25-/m1/s1. The number of carboxylic acid groups (broad SMARTS) is 1. The van der Waals surface area contributed by atoms with Crippen LogP contribution >= 0.6 is 0 Å². The van der Waals surface area contributed by atoms with E-state index in [9.17, 15) is 14.3 Å². The van der Waals surface area contributed by atoms with Crippen LogP contribution in [0, 0.1) is 5.82 Å². The fourth-order valence-electron chi connectivity index (χ4n) is 4.63. The van der Waals surface area contributed by atoms with E-state index in [0.717, 1.165) is 33.7 Å². The van der Waals surface area contributed by atoms with Gasteiger partial charge < -0.3 is 19.6 Å². The first-order valence-electron chi connectivity index (χ1n) is 10.5. The van der Waals surface area contributed by atoms with Crippen molar-refractivity contribution in [2.24, 2.45) is 0 Å². The van der Waals surface area contributed by atoms with Crippen molar-refractivity contribution >= 4 is 39.6 Å². The van der Waals surface area contributed by atoms with Gasteiger partial charge >= 0.3 is 5.97 Å². The Morgan fingerprint density at radius 3 is 2.48 bits per heavy atom. The summed E-state index contributed by atoms with van der Waals surface area (Å²) in [6.45, 7) is 3.06. The molecule has 0 amide bonds. The second-order valence-electron chi connectivity index (χ2n) is 8.48. The van der Waals surface area contributed by atoms with Crippen LogP contribution in [0.1, 0.15) is 17.3 Å². The molecule has 168 valence electrons. The zero-order chi connectivity index (χ0) is 23.2. The van der Waals surface area contributed by atoms with E-state index < -0.39 is 11.5 Å². The highest BCUT2D eigenvalue weighted by molar-refractivity contribution is 5.96. The number of aromatic carboxylic acids is 1. The maximum Gasteiger partial charge on any atom is 0.335 e. The zero-order valence-corrected chi connectivity index (χ0v) is 18.2. The van der Waals surface area contributed by atoms with Crippen LogP contribution in [-0.4, -0.2) is 47.1 Å². The van der Waals surface area contributed by atoms with Gasteiger partial charge in [0.15, 0.2) is 0 Å². The molecule has 2 heterocycles. The smallest absolute Gasteiger partial charge is 0.335 e. The van der Waals surface area contributed by atoms with Crippen LogP contribution in [0.25, 0.3) is 10.9 Å². The molecule has 2 N–H and O–H groups in total. The number of nitrogens with one attached hydrogen (secondary N) is 1. The van der Waals surface area contributed by atoms with Gasteiger partial charge in [0.1, 0.15) is 5.82 Å². The number of aromatic amines is 1. The average molecular weight is 446 g/mol. The molecular formula is C25H23FN4O3. The molecule has 1 aliphatic heterocycles. The predicted molar refractivity (Wildman–Crippen MR) is 125 cm³/mol. The second-order valence-corrected chi connectivity index (χ2v) is 8.48. The lowest BCUT2D eigenvalue weighted by Gasteiger charge is -2.51. The maximum absolute atomic E-state index is 13.7. The molecule has 0 spiro atoms. The van der Waals surface area contributed by atoms with Crippen LogP contribution in [0.3, 0.4) is 0 Å². The fourth-order valence-corrected chi connectivity index (χ4v) is 4.63. The highest BCUT2D eigenvalue weighted by Gasteiger charge is 2.42. The van der Waals surface area contributed by atoms with Crippen molar-refractivity contribution in [2.45, 2.75) is 12.5 Å². The lowest BCUT2D eigenvalue weighted by molar-refractivity contribution is 0.0697. The summed E-state index contributed by atoms with van der Waals surface area (Å²) in [6.07, 6.45) is 1.77. The Hall–Kier alpha value is -3.91. The van der Waals surface area contributed by atoms with Crippen molar-refractivity contribution in [1.82, 2.24) is 10.2 Å². The van der Waals surface area contributed by atoms with Crippen molar-refractivity contribution in [3.8, 4) is 0 Å². The number of halogens is 1. The van der Waals surface area contributed by atoms with Gasteiger partial charge in [0.25, 0.3) is 0 Å². The number of anilines is 4. The van der Waals surface area contributed by atoms with Crippen LogP contribution in [0.15, 0.2) is 66.9 Å². The Bertz CT molecular complexity index is 1320. The molecule has 4 aromatic rings. The summed E-state index contributed by atoms with van der Waals surface area (Å²) in [5.41, 5.74) is 4.16. The van der Waals surface area contributed by atoms with Crippen molar-refractivity contribution in [1.29, 1.82) is 0 Å². The molecule has 0 radical (unpaired) electrons. The van der Waals surface area contributed by atoms with Gasteiger partial charge in [0.05, 0.1) is 40.8 Å². The number of hydrogen-bond acceptors (Lipinski definition) is 5. The number of fused-ring (bicyclic) bond motifs is 2. The molecule has 0 saturated carbocycles. The van der Waals surface area contributed by atoms with E-state index in [1.807, 2.05) is 18.2 Å². The molecule has 0 fully saturated rings. The van der Waals surface area contributed by atoms with Gasteiger partial charge in [-0.25, -0.2) is 9.18 Å². The number of ether oxygens (including phenoxy) is 1. The Morgan fingerprint density at radius 1 is 1.12 bits per heavy atom. The summed E-state index contributed by atoms with van der Waals surface area (Å²) in [5.74, 6) is -1.26. The van der Waals surface area contributed by atoms with E-state index in [2.05, 4.69) is 33.0 Å². The third kappa shape index (κ3) is 3.58. The van der Waals surface area contributed by atoms with Crippen molar-refractivity contribution in [2.75, 3.05) is 30.1 Å². The number of hydrogen-bond donors (Lipinski definition) is 2. The lowest BCUT2D eigenvalue weighted by atomic mass is 9.92. The molecule has 33 heavy (non-hydrogen) atoms. The highest BCUT2D eigenvalue weighted by Crippen LogP contribution is 2.48. The summed E-state index contributed by atoms with van der Waals surface area (Å²) < 4.78 is 19.4. The monoisotopic (exact) mass is 446 g/mol. The van der Waals surface area contributed by atoms with Crippen molar-refractivity contribution in [3.05, 3.63) is 78.2 Å². The van der Waals surface area contributed by atoms with E-state index in [0.29, 0.717) is 13.2 Å². The second kappa shape index (κ2) is 7.90. The van der Waals surface area contributed by atoms with Gasteiger partial charge in [-0.15, -0.1) is 0 Å². The molecular weight excluding hydrogens is 423 g/mol. The molecule has 0 unspecified atom stereocenters. The third-order valence-corrected chi connectivity index (χ3v) is 6.07. The van der Waals surface area contributed by atoms with E-state index in [1.54, 1.807) is 37.6 Å². The van der Waals surface area contributed by atoms with Gasteiger partial charge in [-0.3, -0.25) is 5.10 Å². The number of H-pyrrole nitrogens is 1. The van der Waals surface area contributed by atoms with Crippen LogP contribution in [0.5, 0.6) is 0 Å². The van der Waals surface area contributed by atoms with Gasteiger partial charge in [0, 0.05) is 30.4 Å². The van der Waals surface area contributed by atoms with Crippen LogP contribution in [0.4, 0.5) is 27.1 Å². The number of rotatable bonds is 5. The predicted octanol–water partition coefficient (Wildman–Crippen LogP) is 5.10. The number of aromatic nitrogens is 2. The van der Waals surface area contributed by atoms with Gasteiger partial charge in [0.2, 0.25) is 0 Å². The van der Waals surface area contributed by atoms with Gasteiger partial charge in [-0.05, 0) is 67.6 Å². The first-order chi connectivity index (χ1) is 15.9.